The van der Waals surface area contributed by atoms with Gasteiger partial charge in [-0.1, -0.05) is 30.3 Å². The van der Waals surface area contributed by atoms with Crippen molar-refractivity contribution in [1.82, 2.24) is 4.90 Å². The van der Waals surface area contributed by atoms with Gasteiger partial charge in [-0.3, -0.25) is 0 Å². The fourth-order valence-electron chi connectivity index (χ4n) is 2.69. The number of hydrogen-bond acceptors (Lipinski definition) is 3. The zero-order chi connectivity index (χ0) is 16.2. The molecule has 1 heterocycles. The van der Waals surface area contributed by atoms with E-state index in [1.807, 2.05) is 6.07 Å². The largest absolute Gasteiger partial charge is 0.445 e. The van der Waals surface area contributed by atoms with Gasteiger partial charge < -0.3 is 14.7 Å². The van der Waals surface area contributed by atoms with E-state index in [4.69, 9.17) is 4.74 Å². The molecule has 0 unspecified atom stereocenters. The standard InChI is InChI=1S/C15H18F3NO3/c16-15(17,18)12-7-4-8-19(13(12)9-20)14(21)22-10-11-5-2-1-3-6-11/h1-3,5-6,12-13,20H,4,7-10H2/t12-,13-/m1/s1. The average molecular weight is 317 g/mol. The quantitative estimate of drug-likeness (QED) is 0.932. The SMILES string of the molecule is O=C(OCc1ccccc1)N1CCC[C@@H](C(F)(F)F)[C@H]1CO. The summed E-state index contributed by atoms with van der Waals surface area (Å²) < 4.78 is 44.0. The number of amides is 1. The van der Waals surface area contributed by atoms with Gasteiger partial charge in [-0.05, 0) is 18.4 Å². The lowest BCUT2D eigenvalue weighted by Crippen LogP contribution is -2.54. The van der Waals surface area contributed by atoms with Crippen molar-refractivity contribution in [3.05, 3.63) is 35.9 Å². The maximum absolute atomic E-state index is 13.0. The Bertz CT molecular complexity index is 493. The Kier molecular flexibility index (Phi) is 5.28. The third kappa shape index (κ3) is 3.91. The molecule has 22 heavy (non-hydrogen) atoms. The minimum atomic E-state index is -4.44. The summed E-state index contributed by atoms with van der Waals surface area (Å²) in [6, 6.07) is 7.60. The first-order valence-corrected chi connectivity index (χ1v) is 7.08. The van der Waals surface area contributed by atoms with E-state index < -0.39 is 30.8 Å². The number of aliphatic hydroxyl groups excluding tert-OH is 1. The van der Waals surface area contributed by atoms with Gasteiger partial charge in [-0.15, -0.1) is 0 Å². The Morgan fingerprint density at radius 3 is 2.59 bits per heavy atom. The van der Waals surface area contributed by atoms with Gasteiger partial charge in [0.05, 0.1) is 18.6 Å². The highest BCUT2D eigenvalue weighted by atomic mass is 19.4. The van der Waals surface area contributed by atoms with Crippen LogP contribution in [0.1, 0.15) is 18.4 Å². The highest BCUT2D eigenvalue weighted by molar-refractivity contribution is 5.68. The van der Waals surface area contributed by atoms with Crippen molar-refractivity contribution in [1.29, 1.82) is 0 Å². The van der Waals surface area contributed by atoms with Crippen LogP contribution < -0.4 is 0 Å². The summed E-state index contributed by atoms with van der Waals surface area (Å²) in [4.78, 5) is 13.0. The minimum Gasteiger partial charge on any atom is -0.445 e. The lowest BCUT2D eigenvalue weighted by molar-refractivity contribution is -0.202. The summed E-state index contributed by atoms with van der Waals surface area (Å²) in [6.07, 6.45) is -5.11. The Labute approximate surface area is 126 Å². The fraction of sp³-hybridized carbons (Fsp3) is 0.533. The van der Waals surface area contributed by atoms with Crippen molar-refractivity contribution < 1.29 is 27.8 Å². The summed E-state index contributed by atoms with van der Waals surface area (Å²) in [7, 11) is 0. The number of ether oxygens (including phenoxy) is 1. The van der Waals surface area contributed by atoms with Gasteiger partial charge in [0.2, 0.25) is 0 Å². The van der Waals surface area contributed by atoms with Crippen LogP contribution in [0.2, 0.25) is 0 Å². The molecule has 122 valence electrons. The maximum atomic E-state index is 13.0. The van der Waals surface area contributed by atoms with E-state index in [0.717, 1.165) is 10.5 Å². The van der Waals surface area contributed by atoms with Gasteiger partial charge in [0.25, 0.3) is 0 Å². The first-order valence-electron chi connectivity index (χ1n) is 7.08. The van der Waals surface area contributed by atoms with Crippen molar-refractivity contribution in [3.8, 4) is 0 Å². The smallest absolute Gasteiger partial charge is 0.410 e. The van der Waals surface area contributed by atoms with E-state index in [1.165, 1.54) is 0 Å². The maximum Gasteiger partial charge on any atom is 0.410 e. The number of aliphatic hydroxyl groups is 1. The van der Waals surface area contributed by atoms with Crippen LogP contribution in [0.15, 0.2) is 30.3 Å². The van der Waals surface area contributed by atoms with Gasteiger partial charge in [0, 0.05) is 6.54 Å². The molecule has 0 saturated carbocycles. The zero-order valence-corrected chi connectivity index (χ0v) is 11.9. The van der Waals surface area contributed by atoms with E-state index >= 15 is 0 Å². The van der Waals surface area contributed by atoms with Crippen LogP contribution in [-0.4, -0.2) is 41.5 Å². The number of hydrogen-bond donors (Lipinski definition) is 1. The number of nitrogens with zero attached hydrogens (tertiary/aromatic N) is 1. The molecule has 1 aromatic carbocycles. The highest BCUT2D eigenvalue weighted by Gasteiger charge is 2.49. The molecule has 1 amide bonds. The molecule has 1 aliphatic heterocycles. The molecule has 0 aliphatic carbocycles. The number of rotatable bonds is 3. The fourth-order valence-corrected chi connectivity index (χ4v) is 2.69. The molecular formula is C15H18F3NO3. The first-order chi connectivity index (χ1) is 10.4. The van der Waals surface area contributed by atoms with Gasteiger partial charge >= 0.3 is 12.3 Å². The molecule has 7 heteroatoms. The van der Waals surface area contributed by atoms with Crippen LogP contribution >= 0.6 is 0 Å². The van der Waals surface area contributed by atoms with Gasteiger partial charge in [0.15, 0.2) is 0 Å². The monoisotopic (exact) mass is 317 g/mol. The predicted molar refractivity (Wildman–Crippen MR) is 73.0 cm³/mol. The lowest BCUT2D eigenvalue weighted by atomic mass is 9.89. The molecule has 2 rings (SSSR count). The number of halogens is 3. The van der Waals surface area contributed by atoms with Crippen LogP contribution in [0.4, 0.5) is 18.0 Å². The molecule has 2 atom stereocenters. The van der Waals surface area contributed by atoms with Crippen LogP contribution in [0, 0.1) is 5.92 Å². The lowest BCUT2D eigenvalue weighted by Gasteiger charge is -2.40. The summed E-state index contributed by atoms with van der Waals surface area (Å²) in [5.74, 6) is -1.71. The van der Waals surface area contributed by atoms with E-state index in [2.05, 4.69) is 0 Å². The Hall–Kier alpha value is -1.76. The molecule has 1 aliphatic rings. The van der Waals surface area contributed by atoms with E-state index in [-0.39, 0.29) is 26.0 Å². The normalized spacial score (nSPS) is 22.5. The molecule has 0 bridgehead atoms. The third-order valence-electron chi connectivity index (χ3n) is 3.83. The summed E-state index contributed by atoms with van der Waals surface area (Å²) in [5.41, 5.74) is 0.751. The second kappa shape index (κ2) is 7.00. The Morgan fingerprint density at radius 2 is 2.00 bits per heavy atom. The molecule has 1 saturated heterocycles. The molecule has 1 aromatic rings. The molecule has 4 nitrogen and oxygen atoms in total. The van der Waals surface area contributed by atoms with Crippen molar-refractivity contribution in [3.63, 3.8) is 0 Å². The first kappa shape index (κ1) is 16.6. The molecule has 0 radical (unpaired) electrons. The third-order valence-corrected chi connectivity index (χ3v) is 3.83. The molecule has 0 spiro atoms. The Balaban J connectivity index is 2.01. The predicted octanol–water partition coefficient (Wildman–Crippen LogP) is 2.96. The second-order valence-corrected chi connectivity index (χ2v) is 5.27. The number of carbonyl (C=O) groups is 1. The van der Waals surface area contributed by atoms with E-state index in [9.17, 15) is 23.1 Å². The van der Waals surface area contributed by atoms with Crippen LogP contribution in [-0.2, 0) is 11.3 Å². The van der Waals surface area contributed by atoms with Crippen molar-refractivity contribution in [2.45, 2.75) is 31.7 Å². The highest BCUT2D eigenvalue weighted by Crippen LogP contribution is 2.37. The van der Waals surface area contributed by atoms with E-state index in [1.54, 1.807) is 24.3 Å². The molecular weight excluding hydrogens is 299 g/mol. The van der Waals surface area contributed by atoms with Crippen molar-refractivity contribution in [2.24, 2.45) is 5.92 Å². The van der Waals surface area contributed by atoms with Crippen molar-refractivity contribution in [2.75, 3.05) is 13.2 Å². The zero-order valence-electron chi connectivity index (χ0n) is 11.9. The Morgan fingerprint density at radius 1 is 1.32 bits per heavy atom. The number of likely N-dealkylation sites (tertiary alicyclic amines) is 1. The number of carbonyl (C=O) groups excluding carboxylic acids is 1. The number of piperidine rings is 1. The van der Waals surface area contributed by atoms with Gasteiger partial charge in [0.1, 0.15) is 6.61 Å². The van der Waals surface area contributed by atoms with Crippen LogP contribution in [0.5, 0.6) is 0 Å². The van der Waals surface area contributed by atoms with Crippen LogP contribution in [0.25, 0.3) is 0 Å². The van der Waals surface area contributed by atoms with Gasteiger partial charge in [-0.2, -0.15) is 13.2 Å². The topological polar surface area (TPSA) is 49.8 Å². The summed E-state index contributed by atoms with van der Waals surface area (Å²) in [6.45, 7) is -0.582. The molecule has 0 aromatic heterocycles. The summed E-state index contributed by atoms with van der Waals surface area (Å²) in [5, 5.41) is 9.28. The van der Waals surface area contributed by atoms with Crippen molar-refractivity contribution >= 4 is 6.09 Å². The number of alkyl halides is 3. The number of benzene rings is 1. The minimum absolute atomic E-state index is 0.00892. The molecule has 1 fully saturated rings. The molecule has 1 N–H and O–H groups in total. The van der Waals surface area contributed by atoms with Crippen LogP contribution in [0.3, 0.4) is 0 Å². The van der Waals surface area contributed by atoms with E-state index in [0.29, 0.717) is 0 Å². The summed E-state index contributed by atoms with van der Waals surface area (Å²) >= 11 is 0. The van der Waals surface area contributed by atoms with Gasteiger partial charge in [-0.25, -0.2) is 4.79 Å². The average Bonchev–Trinajstić information content (AvgIpc) is 2.52. The second-order valence-electron chi connectivity index (χ2n) is 5.27.